The third-order valence-corrected chi connectivity index (χ3v) is 1.68. The van der Waals surface area contributed by atoms with Crippen LogP contribution < -0.4 is 10.6 Å². The zero-order valence-corrected chi connectivity index (χ0v) is 6.63. The minimum atomic E-state index is -0.342. The van der Waals surface area contributed by atoms with Gasteiger partial charge >= 0.3 is 0 Å². The highest BCUT2D eigenvalue weighted by atomic mass is 16.3. The second-order valence-corrected chi connectivity index (χ2v) is 2.96. The van der Waals surface area contributed by atoms with Crippen LogP contribution in [0.1, 0.15) is 13.3 Å². The lowest BCUT2D eigenvalue weighted by atomic mass is 10.2. The van der Waals surface area contributed by atoms with Crippen molar-refractivity contribution in [1.29, 1.82) is 0 Å². The van der Waals surface area contributed by atoms with Gasteiger partial charge in [-0.15, -0.1) is 0 Å². The van der Waals surface area contributed by atoms with E-state index >= 15 is 0 Å². The molecule has 0 saturated carbocycles. The minimum absolute atomic E-state index is 0.0908. The zero-order chi connectivity index (χ0) is 8.27. The fourth-order valence-electron chi connectivity index (χ4n) is 1.09. The van der Waals surface area contributed by atoms with Crippen LogP contribution in [0.2, 0.25) is 0 Å². The van der Waals surface area contributed by atoms with Gasteiger partial charge < -0.3 is 15.7 Å². The summed E-state index contributed by atoms with van der Waals surface area (Å²) in [5.74, 6) is 0.0908. The third kappa shape index (κ3) is 2.86. The molecule has 0 bridgehead atoms. The predicted octanol–water partition coefficient (Wildman–Crippen LogP) is -1.15. The first kappa shape index (κ1) is 8.49. The zero-order valence-electron chi connectivity index (χ0n) is 6.63. The van der Waals surface area contributed by atoms with E-state index in [1.54, 1.807) is 6.92 Å². The summed E-state index contributed by atoms with van der Waals surface area (Å²) in [4.78, 5) is 10.7. The molecule has 0 aromatic carbocycles. The lowest BCUT2D eigenvalue weighted by Crippen LogP contribution is -2.35. The van der Waals surface area contributed by atoms with Gasteiger partial charge in [-0.25, -0.2) is 0 Å². The van der Waals surface area contributed by atoms with Crippen molar-refractivity contribution in [1.82, 2.24) is 10.6 Å². The average molecular weight is 158 g/mol. The Bertz CT molecular complexity index is 147. The molecule has 2 unspecified atom stereocenters. The highest BCUT2D eigenvalue weighted by molar-refractivity contribution is 5.78. The summed E-state index contributed by atoms with van der Waals surface area (Å²) in [5.41, 5.74) is 0. The number of carbonyl (C=O) groups excluding carboxylic acids is 1. The smallest absolute Gasteiger partial charge is 0.221 e. The number of carbonyl (C=O) groups is 1. The maximum Gasteiger partial charge on any atom is 0.221 e. The van der Waals surface area contributed by atoms with Crippen molar-refractivity contribution in [2.24, 2.45) is 0 Å². The molecule has 0 spiro atoms. The van der Waals surface area contributed by atoms with Crippen LogP contribution in [0.3, 0.4) is 0 Å². The van der Waals surface area contributed by atoms with E-state index in [-0.39, 0.29) is 18.1 Å². The van der Waals surface area contributed by atoms with Crippen molar-refractivity contribution < 1.29 is 9.90 Å². The molecular formula is C7H14N2O2. The normalized spacial score (nSPS) is 26.7. The van der Waals surface area contributed by atoms with E-state index in [2.05, 4.69) is 10.6 Å². The second kappa shape index (κ2) is 3.69. The monoisotopic (exact) mass is 158 g/mol. The summed E-state index contributed by atoms with van der Waals surface area (Å²) >= 11 is 0. The SMILES string of the molecule is CC(O)CNC1CNC(=O)C1. The van der Waals surface area contributed by atoms with E-state index in [1.807, 2.05) is 0 Å². The number of aliphatic hydroxyl groups is 1. The molecule has 1 aliphatic heterocycles. The Morgan fingerprint density at radius 3 is 3.09 bits per heavy atom. The van der Waals surface area contributed by atoms with E-state index in [0.717, 1.165) is 0 Å². The molecule has 0 aromatic heterocycles. The molecule has 4 heteroatoms. The average Bonchev–Trinajstić information content (AvgIpc) is 2.31. The maximum atomic E-state index is 10.7. The van der Waals surface area contributed by atoms with Crippen molar-refractivity contribution in [2.45, 2.75) is 25.5 Å². The number of aliphatic hydroxyl groups excluding tert-OH is 1. The summed E-state index contributed by atoms with van der Waals surface area (Å²) < 4.78 is 0. The van der Waals surface area contributed by atoms with Crippen molar-refractivity contribution >= 4 is 5.91 Å². The summed E-state index contributed by atoms with van der Waals surface area (Å²) in [7, 11) is 0. The molecule has 1 aliphatic rings. The van der Waals surface area contributed by atoms with Crippen LogP contribution in [0.15, 0.2) is 0 Å². The van der Waals surface area contributed by atoms with E-state index in [9.17, 15) is 4.79 Å². The summed E-state index contributed by atoms with van der Waals surface area (Å²) in [6.07, 6.45) is 0.193. The van der Waals surface area contributed by atoms with Crippen molar-refractivity contribution in [3.05, 3.63) is 0 Å². The summed E-state index contributed by atoms with van der Waals surface area (Å²) in [5, 5.41) is 14.7. The molecule has 2 atom stereocenters. The van der Waals surface area contributed by atoms with Crippen LogP contribution in [0.25, 0.3) is 0 Å². The van der Waals surface area contributed by atoms with Crippen LogP contribution >= 0.6 is 0 Å². The van der Waals surface area contributed by atoms with E-state index in [1.165, 1.54) is 0 Å². The third-order valence-electron chi connectivity index (χ3n) is 1.68. The topological polar surface area (TPSA) is 61.4 Å². The van der Waals surface area contributed by atoms with Crippen molar-refractivity contribution in [2.75, 3.05) is 13.1 Å². The number of hydrogen-bond acceptors (Lipinski definition) is 3. The van der Waals surface area contributed by atoms with Gasteiger partial charge in [-0.05, 0) is 6.92 Å². The van der Waals surface area contributed by atoms with Gasteiger partial charge in [0.1, 0.15) is 0 Å². The van der Waals surface area contributed by atoms with E-state index in [4.69, 9.17) is 5.11 Å². The molecule has 1 amide bonds. The Hall–Kier alpha value is -0.610. The second-order valence-electron chi connectivity index (χ2n) is 2.96. The van der Waals surface area contributed by atoms with Gasteiger partial charge in [0.05, 0.1) is 6.10 Å². The van der Waals surface area contributed by atoms with Crippen LogP contribution in [-0.4, -0.2) is 36.2 Å². The van der Waals surface area contributed by atoms with Gasteiger partial charge in [0, 0.05) is 25.6 Å². The summed E-state index contributed by atoms with van der Waals surface area (Å²) in [6, 6.07) is 0.206. The Labute approximate surface area is 66.0 Å². The largest absolute Gasteiger partial charge is 0.392 e. The van der Waals surface area contributed by atoms with E-state index < -0.39 is 0 Å². The molecule has 64 valence electrons. The van der Waals surface area contributed by atoms with Gasteiger partial charge in [0.2, 0.25) is 5.91 Å². The molecule has 0 aromatic rings. The van der Waals surface area contributed by atoms with Gasteiger partial charge in [0.15, 0.2) is 0 Å². The first-order valence-corrected chi connectivity index (χ1v) is 3.86. The predicted molar refractivity (Wildman–Crippen MR) is 41.1 cm³/mol. The first-order chi connectivity index (χ1) is 5.18. The van der Waals surface area contributed by atoms with Gasteiger partial charge in [-0.3, -0.25) is 4.79 Å². The number of rotatable bonds is 3. The number of hydrogen-bond donors (Lipinski definition) is 3. The van der Waals surface area contributed by atoms with Crippen LogP contribution in [0.4, 0.5) is 0 Å². The van der Waals surface area contributed by atoms with Gasteiger partial charge in [-0.2, -0.15) is 0 Å². The Morgan fingerprint density at radius 2 is 2.64 bits per heavy atom. The Balaban J connectivity index is 2.13. The first-order valence-electron chi connectivity index (χ1n) is 3.86. The van der Waals surface area contributed by atoms with Crippen LogP contribution in [0.5, 0.6) is 0 Å². The number of amides is 1. The maximum absolute atomic E-state index is 10.7. The highest BCUT2D eigenvalue weighted by Gasteiger charge is 2.20. The molecule has 11 heavy (non-hydrogen) atoms. The van der Waals surface area contributed by atoms with Crippen LogP contribution in [0, 0.1) is 0 Å². The Morgan fingerprint density at radius 1 is 1.91 bits per heavy atom. The summed E-state index contributed by atoms with van der Waals surface area (Å²) in [6.45, 7) is 2.96. The standard InChI is InChI=1S/C7H14N2O2/c1-5(10)3-8-6-2-7(11)9-4-6/h5-6,8,10H,2-4H2,1H3,(H,9,11). The molecule has 1 saturated heterocycles. The fourth-order valence-corrected chi connectivity index (χ4v) is 1.09. The van der Waals surface area contributed by atoms with Crippen molar-refractivity contribution in [3.8, 4) is 0 Å². The molecule has 3 N–H and O–H groups in total. The lowest BCUT2D eigenvalue weighted by molar-refractivity contribution is -0.119. The fraction of sp³-hybridized carbons (Fsp3) is 0.857. The van der Waals surface area contributed by atoms with Gasteiger partial charge in [-0.1, -0.05) is 0 Å². The quantitative estimate of drug-likeness (QED) is 0.486. The molecule has 0 aliphatic carbocycles. The molecule has 4 nitrogen and oxygen atoms in total. The minimum Gasteiger partial charge on any atom is -0.392 e. The lowest BCUT2D eigenvalue weighted by Gasteiger charge is -2.10. The molecular weight excluding hydrogens is 144 g/mol. The molecule has 1 fully saturated rings. The molecule has 1 rings (SSSR count). The Kier molecular flexibility index (Phi) is 2.84. The van der Waals surface area contributed by atoms with Crippen LogP contribution in [-0.2, 0) is 4.79 Å². The number of nitrogens with one attached hydrogen (secondary N) is 2. The molecule has 0 radical (unpaired) electrons. The highest BCUT2D eigenvalue weighted by Crippen LogP contribution is 1.98. The molecule has 1 heterocycles. The van der Waals surface area contributed by atoms with Gasteiger partial charge in [0.25, 0.3) is 0 Å². The van der Waals surface area contributed by atoms with Crippen molar-refractivity contribution in [3.63, 3.8) is 0 Å². The van der Waals surface area contributed by atoms with E-state index in [0.29, 0.717) is 19.5 Å².